The highest BCUT2D eigenvalue weighted by Crippen LogP contribution is 2.50. The normalized spacial score (nSPS) is 31.1. The molecule has 0 aliphatic heterocycles. The summed E-state index contributed by atoms with van der Waals surface area (Å²) < 4.78 is 11.0. The Morgan fingerprint density at radius 3 is 2.36 bits per heavy atom. The molecule has 8 heteroatoms. The zero-order valence-corrected chi connectivity index (χ0v) is 22.9. The Hall–Kier alpha value is -1.22. The average molecular weight is 515 g/mol. The zero-order valence-electron chi connectivity index (χ0n) is 22.9. The van der Waals surface area contributed by atoms with E-state index in [1.165, 1.54) is 0 Å². The zero-order chi connectivity index (χ0) is 27.0. The summed E-state index contributed by atoms with van der Waals surface area (Å²) in [6.07, 6.45) is 3.05. The van der Waals surface area contributed by atoms with Crippen molar-refractivity contribution < 1.29 is 39.5 Å². The quantitative estimate of drug-likeness (QED) is 0.275. The third-order valence-electron chi connectivity index (χ3n) is 8.65. The van der Waals surface area contributed by atoms with Crippen LogP contribution in [0.25, 0.3) is 0 Å². The number of hydrogen-bond donors (Lipinski definition) is 4. The summed E-state index contributed by atoms with van der Waals surface area (Å²) >= 11 is 0. The number of fused-ring (bicyclic) bond motifs is 1. The van der Waals surface area contributed by atoms with Crippen LogP contribution < -0.4 is 0 Å². The standard InChI is InChI=1S/C28H50O8/c1-6-28(4,5)27(34)36-24-12-17(2)11-19-8-7-18(3)23(26(19)24)10-9-20(30)13-21(31)14-25(33)35-16-22(32)15-29/h17-24,26,29-32H,6-16H2,1-5H3/t17-,18-,19-,20+,21+,22?,23-,24-,26-/m0/s1. The largest absolute Gasteiger partial charge is 0.463 e. The Morgan fingerprint density at radius 2 is 1.72 bits per heavy atom. The molecule has 0 spiro atoms. The number of rotatable bonds is 13. The molecule has 2 rings (SSSR count). The number of carbonyl (C=O) groups excluding carboxylic acids is 2. The van der Waals surface area contributed by atoms with Crippen molar-refractivity contribution >= 4 is 11.9 Å². The minimum absolute atomic E-state index is 0.0625. The monoisotopic (exact) mass is 514 g/mol. The highest BCUT2D eigenvalue weighted by atomic mass is 16.5. The van der Waals surface area contributed by atoms with Crippen LogP contribution >= 0.6 is 0 Å². The van der Waals surface area contributed by atoms with E-state index < -0.39 is 36.3 Å². The molecule has 0 aromatic heterocycles. The second-order valence-corrected chi connectivity index (χ2v) is 12.2. The molecule has 0 bridgehead atoms. The SMILES string of the molecule is CCC(C)(C)C(=O)O[C@H]1C[C@@H](C)C[C@@H]2CC[C@H](C)[C@H](CC[C@@H](O)C[C@@H](O)CC(=O)OCC(O)CO)[C@H]21. The number of aliphatic hydroxyl groups excluding tert-OH is 4. The number of aliphatic hydroxyl groups is 4. The Bertz CT molecular complexity index is 695. The number of hydrogen-bond acceptors (Lipinski definition) is 8. The van der Waals surface area contributed by atoms with Gasteiger partial charge in [0.15, 0.2) is 0 Å². The lowest BCUT2D eigenvalue weighted by atomic mass is 9.58. The Balaban J connectivity index is 1.96. The minimum atomic E-state index is -1.14. The van der Waals surface area contributed by atoms with Crippen molar-refractivity contribution in [3.63, 3.8) is 0 Å². The van der Waals surface area contributed by atoms with Crippen molar-refractivity contribution in [3.05, 3.63) is 0 Å². The second kappa shape index (κ2) is 14.1. The Kier molecular flexibility index (Phi) is 12.1. The van der Waals surface area contributed by atoms with Crippen molar-refractivity contribution in [2.45, 2.75) is 117 Å². The molecule has 2 aliphatic carbocycles. The number of esters is 2. The first-order valence-electron chi connectivity index (χ1n) is 13.9. The lowest BCUT2D eigenvalue weighted by Crippen LogP contribution is -2.48. The third kappa shape index (κ3) is 8.96. The van der Waals surface area contributed by atoms with Crippen LogP contribution in [0.2, 0.25) is 0 Å². The lowest BCUT2D eigenvalue weighted by molar-refractivity contribution is -0.173. The second-order valence-electron chi connectivity index (χ2n) is 12.2. The van der Waals surface area contributed by atoms with E-state index in [0.717, 1.165) is 38.5 Å². The first-order valence-corrected chi connectivity index (χ1v) is 13.9. The van der Waals surface area contributed by atoms with Crippen LogP contribution in [-0.2, 0) is 19.1 Å². The molecule has 36 heavy (non-hydrogen) atoms. The first kappa shape index (κ1) is 31.0. The molecule has 4 N–H and O–H groups in total. The van der Waals surface area contributed by atoms with Crippen LogP contribution in [0.1, 0.15) is 92.4 Å². The van der Waals surface area contributed by atoms with Gasteiger partial charge in [0.05, 0.1) is 30.7 Å². The summed E-state index contributed by atoms with van der Waals surface area (Å²) in [6, 6.07) is 0. The molecular formula is C28H50O8. The van der Waals surface area contributed by atoms with Gasteiger partial charge in [-0.25, -0.2) is 0 Å². The van der Waals surface area contributed by atoms with Gasteiger partial charge in [-0.15, -0.1) is 0 Å². The molecule has 210 valence electrons. The summed E-state index contributed by atoms with van der Waals surface area (Å²) in [5, 5.41) is 38.9. The number of carbonyl (C=O) groups is 2. The maximum atomic E-state index is 13.0. The first-order chi connectivity index (χ1) is 16.9. The predicted octanol–water partition coefficient (Wildman–Crippen LogP) is 3.22. The van der Waals surface area contributed by atoms with E-state index in [-0.39, 0.29) is 37.4 Å². The third-order valence-corrected chi connectivity index (χ3v) is 8.65. The Labute approximate surface area is 216 Å². The highest BCUT2D eigenvalue weighted by Gasteiger charge is 2.47. The molecule has 1 unspecified atom stereocenters. The fourth-order valence-corrected chi connectivity index (χ4v) is 6.07. The van der Waals surface area contributed by atoms with Crippen LogP contribution in [-0.4, -0.2) is 70.0 Å². The molecule has 0 heterocycles. The summed E-state index contributed by atoms with van der Waals surface area (Å²) in [4.78, 5) is 24.8. The summed E-state index contributed by atoms with van der Waals surface area (Å²) in [5.74, 6) is 1.31. The summed E-state index contributed by atoms with van der Waals surface area (Å²) in [5.41, 5.74) is -0.504. The molecule has 9 atom stereocenters. The molecule has 0 aromatic rings. The Morgan fingerprint density at radius 1 is 1.03 bits per heavy atom. The molecule has 2 saturated carbocycles. The number of ether oxygens (including phenoxy) is 2. The molecule has 0 saturated heterocycles. The molecule has 0 radical (unpaired) electrons. The van der Waals surface area contributed by atoms with Crippen molar-refractivity contribution in [2.24, 2.45) is 35.0 Å². The van der Waals surface area contributed by atoms with Crippen LogP contribution in [0.3, 0.4) is 0 Å². The van der Waals surface area contributed by atoms with E-state index in [0.29, 0.717) is 30.1 Å². The van der Waals surface area contributed by atoms with E-state index in [4.69, 9.17) is 14.6 Å². The predicted molar refractivity (Wildman–Crippen MR) is 136 cm³/mol. The average Bonchev–Trinajstić information content (AvgIpc) is 2.81. The highest BCUT2D eigenvalue weighted by molar-refractivity contribution is 5.76. The minimum Gasteiger partial charge on any atom is -0.463 e. The summed E-state index contributed by atoms with van der Waals surface area (Å²) in [6.45, 7) is 9.55. The fourth-order valence-electron chi connectivity index (χ4n) is 6.07. The molecule has 0 amide bonds. The molecule has 0 aromatic carbocycles. The molecule has 2 aliphatic rings. The van der Waals surface area contributed by atoms with E-state index in [1.807, 2.05) is 20.8 Å². The van der Waals surface area contributed by atoms with E-state index >= 15 is 0 Å². The van der Waals surface area contributed by atoms with Gasteiger partial charge in [0.2, 0.25) is 0 Å². The molecular weight excluding hydrogens is 464 g/mol. The van der Waals surface area contributed by atoms with Gasteiger partial charge in [-0.2, -0.15) is 0 Å². The lowest BCUT2D eigenvalue weighted by Gasteiger charge is -2.50. The van der Waals surface area contributed by atoms with E-state index in [9.17, 15) is 24.9 Å². The molecule has 2 fully saturated rings. The van der Waals surface area contributed by atoms with Gasteiger partial charge in [-0.05, 0) is 82.5 Å². The van der Waals surface area contributed by atoms with Crippen LogP contribution in [0, 0.1) is 35.0 Å². The van der Waals surface area contributed by atoms with Crippen molar-refractivity contribution in [2.75, 3.05) is 13.2 Å². The van der Waals surface area contributed by atoms with E-state index in [1.54, 1.807) is 0 Å². The van der Waals surface area contributed by atoms with Gasteiger partial charge in [0.1, 0.15) is 18.8 Å². The van der Waals surface area contributed by atoms with Crippen LogP contribution in [0.15, 0.2) is 0 Å². The maximum Gasteiger partial charge on any atom is 0.311 e. The van der Waals surface area contributed by atoms with Gasteiger partial charge >= 0.3 is 11.9 Å². The van der Waals surface area contributed by atoms with Crippen LogP contribution in [0.4, 0.5) is 0 Å². The van der Waals surface area contributed by atoms with Gasteiger partial charge in [-0.1, -0.05) is 27.2 Å². The van der Waals surface area contributed by atoms with Crippen molar-refractivity contribution in [3.8, 4) is 0 Å². The van der Waals surface area contributed by atoms with Crippen LogP contribution in [0.5, 0.6) is 0 Å². The van der Waals surface area contributed by atoms with E-state index in [2.05, 4.69) is 13.8 Å². The van der Waals surface area contributed by atoms with Gasteiger partial charge in [0, 0.05) is 5.92 Å². The van der Waals surface area contributed by atoms with Gasteiger partial charge in [0.25, 0.3) is 0 Å². The van der Waals surface area contributed by atoms with Gasteiger partial charge in [-0.3, -0.25) is 9.59 Å². The maximum absolute atomic E-state index is 13.0. The fraction of sp³-hybridized carbons (Fsp3) is 0.929. The van der Waals surface area contributed by atoms with Crippen molar-refractivity contribution in [1.29, 1.82) is 0 Å². The molecule has 8 nitrogen and oxygen atoms in total. The topological polar surface area (TPSA) is 134 Å². The smallest absolute Gasteiger partial charge is 0.311 e. The summed E-state index contributed by atoms with van der Waals surface area (Å²) in [7, 11) is 0. The van der Waals surface area contributed by atoms with Gasteiger partial charge < -0.3 is 29.9 Å². The van der Waals surface area contributed by atoms with Crippen molar-refractivity contribution in [1.82, 2.24) is 0 Å².